The van der Waals surface area contributed by atoms with E-state index < -0.39 is 0 Å². The predicted octanol–water partition coefficient (Wildman–Crippen LogP) is 4.68. The molecule has 3 rings (SSSR count). The van der Waals surface area contributed by atoms with Crippen molar-refractivity contribution in [3.05, 3.63) is 63.1 Å². The summed E-state index contributed by atoms with van der Waals surface area (Å²) >= 11 is 12.3. The second kappa shape index (κ2) is 9.47. The number of amides is 1. The average molecular weight is 416 g/mol. The first-order chi connectivity index (χ1) is 12.1. The summed E-state index contributed by atoms with van der Waals surface area (Å²) in [5.74, 6) is 1.01. The lowest BCUT2D eigenvalue weighted by atomic mass is 9.76. The van der Waals surface area contributed by atoms with Gasteiger partial charge in [-0.3, -0.25) is 4.79 Å². The molecule has 7 heteroatoms. The van der Waals surface area contributed by atoms with Crippen LogP contribution >= 0.6 is 35.6 Å². The van der Waals surface area contributed by atoms with Crippen LogP contribution in [0.1, 0.15) is 41.5 Å². The molecule has 2 aromatic rings. The van der Waals surface area contributed by atoms with Crippen molar-refractivity contribution >= 4 is 42.0 Å². The molecule has 2 aromatic carbocycles. The van der Waals surface area contributed by atoms with E-state index in [1.165, 1.54) is 16.7 Å². The summed E-state index contributed by atoms with van der Waals surface area (Å²) in [6.45, 7) is 0.155. The summed E-state index contributed by atoms with van der Waals surface area (Å²) < 4.78 is 5.57. The third-order valence-electron chi connectivity index (χ3n) is 4.65. The standard InChI is InChI=1S/C19H20Cl2N2O2.ClH/c1-22-19-7-5-14(12-2-6-17(20)18(21)8-12)15-4-3-13(9-16(15)19)25-11-23-10-24;/h2-4,6,8-10,14,19,22H,5,7,11H2,1H3,(H,23,24);1H. The molecule has 1 amide bonds. The van der Waals surface area contributed by atoms with Crippen LogP contribution in [0.15, 0.2) is 36.4 Å². The number of hydrogen-bond acceptors (Lipinski definition) is 3. The first-order valence-electron chi connectivity index (χ1n) is 8.20. The van der Waals surface area contributed by atoms with Crippen molar-refractivity contribution in [3.8, 4) is 5.75 Å². The van der Waals surface area contributed by atoms with E-state index in [0.717, 1.165) is 18.6 Å². The second-order valence-corrected chi connectivity index (χ2v) is 6.86. The molecule has 0 radical (unpaired) electrons. The fourth-order valence-electron chi connectivity index (χ4n) is 3.44. The maximum Gasteiger partial charge on any atom is 0.209 e. The van der Waals surface area contributed by atoms with Gasteiger partial charge in [0.15, 0.2) is 6.73 Å². The highest BCUT2D eigenvalue weighted by molar-refractivity contribution is 6.42. The van der Waals surface area contributed by atoms with Crippen LogP contribution in [0.3, 0.4) is 0 Å². The van der Waals surface area contributed by atoms with Crippen LogP contribution in [0.2, 0.25) is 10.0 Å². The van der Waals surface area contributed by atoms with E-state index in [1.807, 2.05) is 37.4 Å². The van der Waals surface area contributed by atoms with E-state index in [-0.39, 0.29) is 31.1 Å². The highest BCUT2D eigenvalue weighted by Crippen LogP contribution is 2.43. The Morgan fingerprint density at radius 1 is 1.12 bits per heavy atom. The number of hydrogen-bond donors (Lipinski definition) is 2. The number of carbonyl (C=O) groups excluding carboxylic acids is 1. The molecule has 2 atom stereocenters. The van der Waals surface area contributed by atoms with E-state index >= 15 is 0 Å². The molecule has 0 aliphatic heterocycles. The van der Waals surface area contributed by atoms with Gasteiger partial charge in [-0.05, 0) is 60.8 Å². The normalized spacial score (nSPS) is 18.4. The lowest BCUT2D eigenvalue weighted by Crippen LogP contribution is -2.24. The van der Waals surface area contributed by atoms with E-state index in [9.17, 15) is 4.79 Å². The van der Waals surface area contributed by atoms with Crippen LogP contribution in [0.25, 0.3) is 0 Å². The Balaban J connectivity index is 0.00000243. The van der Waals surface area contributed by atoms with Gasteiger partial charge in [-0.25, -0.2) is 0 Å². The minimum atomic E-state index is 0. The Kier molecular flexibility index (Phi) is 7.59. The third kappa shape index (κ3) is 4.44. The number of rotatable bonds is 6. The summed E-state index contributed by atoms with van der Waals surface area (Å²) in [5.41, 5.74) is 3.65. The van der Waals surface area contributed by atoms with Crippen molar-refractivity contribution in [2.45, 2.75) is 24.8 Å². The number of ether oxygens (including phenoxy) is 1. The summed E-state index contributed by atoms with van der Waals surface area (Å²) in [5, 5.41) is 7.03. The molecule has 0 saturated carbocycles. The van der Waals surface area contributed by atoms with Crippen LogP contribution in [0, 0.1) is 0 Å². The Morgan fingerprint density at radius 3 is 2.62 bits per heavy atom. The summed E-state index contributed by atoms with van der Waals surface area (Å²) in [6.07, 6.45) is 2.67. The Labute approximate surface area is 169 Å². The summed E-state index contributed by atoms with van der Waals surface area (Å²) in [4.78, 5) is 10.4. The maximum atomic E-state index is 10.4. The molecule has 0 saturated heterocycles. The summed E-state index contributed by atoms with van der Waals surface area (Å²) in [6, 6.07) is 12.2. The molecule has 0 heterocycles. The van der Waals surface area contributed by atoms with Crippen molar-refractivity contribution in [2.75, 3.05) is 13.8 Å². The van der Waals surface area contributed by atoms with Gasteiger partial charge in [-0.15, -0.1) is 12.4 Å². The quantitative estimate of drug-likeness (QED) is 0.409. The molecule has 2 N–H and O–H groups in total. The van der Waals surface area contributed by atoms with Gasteiger partial charge < -0.3 is 15.4 Å². The highest BCUT2D eigenvalue weighted by atomic mass is 35.5. The van der Waals surface area contributed by atoms with Gasteiger partial charge in [-0.1, -0.05) is 35.3 Å². The zero-order valence-corrected chi connectivity index (χ0v) is 16.6. The largest absolute Gasteiger partial charge is 0.473 e. The second-order valence-electron chi connectivity index (χ2n) is 6.05. The van der Waals surface area contributed by atoms with E-state index in [2.05, 4.69) is 16.7 Å². The molecule has 4 nitrogen and oxygen atoms in total. The van der Waals surface area contributed by atoms with Crippen molar-refractivity contribution in [1.82, 2.24) is 10.6 Å². The van der Waals surface area contributed by atoms with Crippen molar-refractivity contribution < 1.29 is 9.53 Å². The topological polar surface area (TPSA) is 50.4 Å². The molecule has 140 valence electrons. The molecular formula is C19H21Cl3N2O2. The van der Waals surface area contributed by atoms with Gasteiger partial charge in [0.25, 0.3) is 0 Å². The molecule has 0 aromatic heterocycles. The van der Waals surface area contributed by atoms with Gasteiger partial charge >= 0.3 is 0 Å². The van der Waals surface area contributed by atoms with E-state index in [0.29, 0.717) is 16.5 Å². The van der Waals surface area contributed by atoms with E-state index in [4.69, 9.17) is 27.9 Å². The van der Waals surface area contributed by atoms with Crippen LogP contribution in [0.4, 0.5) is 0 Å². The van der Waals surface area contributed by atoms with Gasteiger partial charge in [-0.2, -0.15) is 0 Å². The van der Waals surface area contributed by atoms with Crippen LogP contribution in [-0.4, -0.2) is 20.2 Å². The molecule has 26 heavy (non-hydrogen) atoms. The maximum absolute atomic E-state index is 10.4. The first-order valence-corrected chi connectivity index (χ1v) is 8.95. The smallest absolute Gasteiger partial charge is 0.209 e. The molecule has 1 aliphatic rings. The molecule has 1 aliphatic carbocycles. The lowest BCUT2D eigenvalue weighted by molar-refractivity contribution is -0.110. The number of fused-ring (bicyclic) bond motifs is 1. The SMILES string of the molecule is CNC1CCC(c2ccc(Cl)c(Cl)c2)c2ccc(OCNC=O)cc21.Cl. The van der Waals surface area contributed by atoms with Crippen molar-refractivity contribution in [3.63, 3.8) is 0 Å². The molecule has 2 unspecified atom stereocenters. The monoisotopic (exact) mass is 414 g/mol. The van der Waals surface area contributed by atoms with Crippen LogP contribution < -0.4 is 15.4 Å². The zero-order valence-electron chi connectivity index (χ0n) is 14.3. The molecular weight excluding hydrogens is 395 g/mol. The number of carbonyl (C=O) groups is 1. The van der Waals surface area contributed by atoms with E-state index in [1.54, 1.807) is 0 Å². The van der Waals surface area contributed by atoms with Crippen LogP contribution in [-0.2, 0) is 4.79 Å². The number of halogens is 3. The van der Waals surface area contributed by atoms with Gasteiger partial charge in [0.2, 0.25) is 6.41 Å². The minimum Gasteiger partial charge on any atom is -0.473 e. The Hall–Kier alpha value is -1.46. The molecule has 0 spiro atoms. The number of benzene rings is 2. The Morgan fingerprint density at radius 2 is 1.92 bits per heavy atom. The Bertz CT molecular complexity index is 770. The third-order valence-corrected chi connectivity index (χ3v) is 5.39. The predicted molar refractivity (Wildman–Crippen MR) is 108 cm³/mol. The van der Waals surface area contributed by atoms with Gasteiger partial charge in [0, 0.05) is 12.0 Å². The van der Waals surface area contributed by atoms with Crippen LogP contribution in [0.5, 0.6) is 5.75 Å². The summed E-state index contributed by atoms with van der Waals surface area (Å²) in [7, 11) is 1.97. The zero-order chi connectivity index (χ0) is 17.8. The fraction of sp³-hybridized carbons (Fsp3) is 0.316. The minimum absolute atomic E-state index is 0. The number of nitrogens with one attached hydrogen (secondary N) is 2. The van der Waals surface area contributed by atoms with Crippen molar-refractivity contribution in [2.24, 2.45) is 0 Å². The fourth-order valence-corrected chi connectivity index (χ4v) is 3.75. The molecule has 0 fully saturated rings. The van der Waals surface area contributed by atoms with Crippen molar-refractivity contribution in [1.29, 1.82) is 0 Å². The lowest BCUT2D eigenvalue weighted by Gasteiger charge is -2.32. The molecule has 0 bridgehead atoms. The first kappa shape index (κ1) is 20.8. The van der Waals surface area contributed by atoms with Gasteiger partial charge in [0.05, 0.1) is 10.0 Å². The van der Waals surface area contributed by atoms with Gasteiger partial charge in [0.1, 0.15) is 5.75 Å². The highest BCUT2D eigenvalue weighted by Gasteiger charge is 2.28. The average Bonchev–Trinajstić information content (AvgIpc) is 2.63.